The number of amides is 1. The van der Waals surface area contributed by atoms with Gasteiger partial charge in [-0.25, -0.2) is 4.79 Å². The van der Waals surface area contributed by atoms with E-state index >= 15 is 0 Å². The van der Waals surface area contributed by atoms with Gasteiger partial charge >= 0.3 is 5.69 Å². The Morgan fingerprint density at radius 1 is 1.56 bits per heavy atom. The molecule has 16 heavy (non-hydrogen) atoms. The number of aromatic amines is 2. The standard InChI is InChI=1S/C10H15N3O3/c14-7-2-1-6(3-7)4-11-9(15)8-5-12-10(16)13-8/h5-7,14H,1-4H2,(H,11,15)(H2,12,13,16). The molecule has 0 aromatic carbocycles. The molecule has 6 heteroatoms. The molecule has 1 aromatic heterocycles. The first-order valence-corrected chi connectivity index (χ1v) is 5.39. The summed E-state index contributed by atoms with van der Waals surface area (Å²) in [6.07, 6.45) is 3.60. The number of aliphatic hydroxyl groups is 1. The van der Waals surface area contributed by atoms with Crippen LogP contribution in [0.1, 0.15) is 29.8 Å². The van der Waals surface area contributed by atoms with Gasteiger partial charge in [-0.15, -0.1) is 0 Å². The zero-order valence-electron chi connectivity index (χ0n) is 8.82. The van der Waals surface area contributed by atoms with E-state index in [2.05, 4.69) is 15.3 Å². The highest BCUT2D eigenvalue weighted by atomic mass is 16.3. The van der Waals surface area contributed by atoms with Crippen molar-refractivity contribution in [3.05, 3.63) is 22.4 Å². The van der Waals surface area contributed by atoms with Gasteiger partial charge in [0.2, 0.25) is 0 Å². The summed E-state index contributed by atoms with van der Waals surface area (Å²) in [6.45, 7) is 0.545. The van der Waals surface area contributed by atoms with E-state index in [1.165, 1.54) is 6.20 Å². The van der Waals surface area contributed by atoms with Gasteiger partial charge in [0.25, 0.3) is 5.91 Å². The quantitative estimate of drug-likeness (QED) is 0.563. The number of H-pyrrole nitrogens is 2. The molecular weight excluding hydrogens is 210 g/mol. The number of hydrogen-bond acceptors (Lipinski definition) is 3. The molecule has 2 unspecified atom stereocenters. The van der Waals surface area contributed by atoms with Crippen molar-refractivity contribution in [2.75, 3.05) is 6.54 Å². The number of imidazole rings is 1. The summed E-state index contributed by atoms with van der Waals surface area (Å²) in [6, 6.07) is 0. The van der Waals surface area contributed by atoms with E-state index in [0.29, 0.717) is 12.5 Å². The van der Waals surface area contributed by atoms with E-state index < -0.39 is 0 Å². The summed E-state index contributed by atoms with van der Waals surface area (Å²) in [5.74, 6) is 0.0457. The number of rotatable bonds is 3. The number of carbonyl (C=O) groups excluding carboxylic acids is 1. The zero-order valence-corrected chi connectivity index (χ0v) is 8.82. The van der Waals surface area contributed by atoms with Gasteiger partial charge in [-0.1, -0.05) is 0 Å². The third kappa shape index (κ3) is 2.52. The number of aromatic nitrogens is 2. The van der Waals surface area contributed by atoms with Crippen LogP contribution in [0.2, 0.25) is 0 Å². The van der Waals surface area contributed by atoms with Crippen molar-refractivity contribution in [3.63, 3.8) is 0 Å². The van der Waals surface area contributed by atoms with Crippen LogP contribution in [-0.4, -0.2) is 33.6 Å². The molecule has 2 atom stereocenters. The van der Waals surface area contributed by atoms with Crippen LogP contribution in [0.3, 0.4) is 0 Å². The molecule has 1 amide bonds. The van der Waals surface area contributed by atoms with Crippen LogP contribution in [0.15, 0.2) is 11.0 Å². The molecule has 1 fully saturated rings. The van der Waals surface area contributed by atoms with Crippen molar-refractivity contribution >= 4 is 5.91 Å². The van der Waals surface area contributed by atoms with Crippen molar-refractivity contribution < 1.29 is 9.90 Å². The van der Waals surface area contributed by atoms with E-state index in [9.17, 15) is 14.7 Å². The average Bonchev–Trinajstić information content (AvgIpc) is 2.84. The molecule has 0 spiro atoms. The molecule has 1 aliphatic rings. The molecule has 4 N–H and O–H groups in total. The van der Waals surface area contributed by atoms with Gasteiger partial charge < -0.3 is 20.4 Å². The first kappa shape index (κ1) is 10.9. The average molecular weight is 225 g/mol. The largest absolute Gasteiger partial charge is 0.393 e. The summed E-state index contributed by atoms with van der Waals surface area (Å²) in [7, 11) is 0. The highest BCUT2D eigenvalue weighted by Crippen LogP contribution is 2.24. The number of nitrogens with one attached hydrogen (secondary N) is 3. The Morgan fingerprint density at radius 3 is 2.94 bits per heavy atom. The van der Waals surface area contributed by atoms with Crippen molar-refractivity contribution in [2.24, 2.45) is 5.92 Å². The van der Waals surface area contributed by atoms with Crippen LogP contribution in [0.4, 0.5) is 0 Å². The van der Waals surface area contributed by atoms with Crippen LogP contribution in [0, 0.1) is 5.92 Å². The van der Waals surface area contributed by atoms with Crippen molar-refractivity contribution in [2.45, 2.75) is 25.4 Å². The molecule has 1 aliphatic carbocycles. The van der Waals surface area contributed by atoms with Crippen molar-refractivity contribution in [1.29, 1.82) is 0 Å². The first-order valence-electron chi connectivity index (χ1n) is 5.39. The molecular formula is C10H15N3O3. The molecule has 1 aromatic rings. The number of hydrogen-bond donors (Lipinski definition) is 4. The predicted molar refractivity (Wildman–Crippen MR) is 57.1 cm³/mol. The van der Waals surface area contributed by atoms with Gasteiger partial charge in [0.05, 0.1) is 6.10 Å². The number of aliphatic hydroxyl groups excluding tert-OH is 1. The summed E-state index contributed by atoms with van der Waals surface area (Å²) in [5, 5.41) is 12.1. The molecule has 0 saturated heterocycles. The van der Waals surface area contributed by atoms with Crippen molar-refractivity contribution in [1.82, 2.24) is 15.3 Å². The second kappa shape index (κ2) is 4.52. The van der Waals surface area contributed by atoms with Gasteiger partial charge in [-0.3, -0.25) is 4.79 Å². The maximum Gasteiger partial charge on any atom is 0.323 e. The molecule has 2 rings (SSSR count). The fraction of sp³-hybridized carbons (Fsp3) is 0.600. The lowest BCUT2D eigenvalue weighted by atomic mass is 10.1. The zero-order chi connectivity index (χ0) is 11.5. The van der Waals surface area contributed by atoms with E-state index in [0.717, 1.165) is 19.3 Å². The third-order valence-corrected chi connectivity index (χ3v) is 2.91. The summed E-state index contributed by atoms with van der Waals surface area (Å²) in [4.78, 5) is 27.1. The van der Waals surface area contributed by atoms with Gasteiger partial charge in [-0.2, -0.15) is 0 Å². The Hall–Kier alpha value is -1.56. The fourth-order valence-electron chi connectivity index (χ4n) is 2.02. The van der Waals surface area contributed by atoms with Crippen molar-refractivity contribution in [3.8, 4) is 0 Å². The van der Waals surface area contributed by atoms with Crippen LogP contribution in [0.25, 0.3) is 0 Å². The number of carbonyl (C=O) groups is 1. The molecule has 0 aliphatic heterocycles. The lowest BCUT2D eigenvalue weighted by Crippen LogP contribution is -2.29. The first-order chi connectivity index (χ1) is 7.65. The maximum atomic E-state index is 11.5. The molecule has 6 nitrogen and oxygen atoms in total. The van der Waals surface area contributed by atoms with E-state index in [1.807, 2.05) is 0 Å². The third-order valence-electron chi connectivity index (χ3n) is 2.91. The summed E-state index contributed by atoms with van der Waals surface area (Å²) >= 11 is 0. The van der Waals surface area contributed by atoms with Gasteiger partial charge in [0, 0.05) is 12.7 Å². The van der Waals surface area contributed by atoms with Crippen LogP contribution in [-0.2, 0) is 0 Å². The minimum atomic E-state index is -0.388. The van der Waals surface area contributed by atoms with Gasteiger partial charge in [-0.05, 0) is 25.2 Å². The Labute approximate surface area is 92.1 Å². The normalized spacial score (nSPS) is 24.6. The van der Waals surface area contributed by atoms with E-state index in [4.69, 9.17) is 0 Å². The predicted octanol–water partition coefficient (Wildman–Crippen LogP) is -0.406. The Morgan fingerprint density at radius 2 is 2.38 bits per heavy atom. The molecule has 88 valence electrons. The molecule has 0 bridgehead atoms. The monoisotopic (exact) mass is 225 g/mol. The maximum absolute atomic E-state index is 11.5. The second-order valence-electron chi connectivity index (χ2n) is 4.20. The smallest absolute Gasteiger partial charge is 0.323 e. The van der Waals surface area contributed by atoms with Crippen LogP contribution >= 0.6 is 0 Å². The topological polar surface area (TPSA) is 98.0 Å². The highest BCUT2D eigenvalue weighted by molar-refractivity contribution is 5.91. The lowest BCUT2D eigenvalue weighted by Gasteiger charge is -2.09. The molecule has 1 heterocycles. The Balaban J connectivity index is 1.82. The van der Waals surface area contributed by atoms with Gasteiger partial charge in [0.15, 0.2) is 0 Å². The van der Waals surface area contributed by atoms with Crippen LogP contribution < -0.4 is 11.0 Å². The van der Waals surface area contributed by atoms with E-state index in [1.54, 1.807) is 0 Å². The fourth-order valence-corrected chi connectivity index (χ4v) is 2.02. The molecule has 1 saturated carbocycles. The van der Waals surface area contributed by atoms with Gasteiger partial charge in [0.1, 0.15) is 5.69 Å². The lowest BCUT2D eigenvalue weighted by molar-refractivity contribution is 0.0940. The second-order valence-corrected chi connectivity index (χ2v) is 4.20. The summed E-state index contributed by atoms with van der Waals surface area (Å²) in [5.41, 5.74) is -0.148. The SMILES string of the molecule is O=C(NCC1CCC(O)C1)c1c[nH]c(=O)[nH]1. The Kier molecular flexibility index (Phi) is 3.09. The van der Waals surface area contributed by atoms with E-state index in [-0.39, 0.29) is 23.4 Å². The Bertz CT molecular complexity index is 423. The highest BCUT2D eigenvalue weighted by Gasteiger charge is 2.23. The minimum absolute atomic E-state index is 0.228. The minimum Gasteiger partial charge on any atom is -0.393 e. The molecule has 0 radical (unpaired) electrons. The summed E-state index contributed by atoms with van der Waals surface area (Å²) < 4.78 is 0. The van der Waals surface area contributed by atoms with Crippen LogP contribution in [0.5, 0.6) is 0 Å².